The number of nitrogens with zero attached hydrogens (tertiary/aromatic N) is 2. The van der Waals surface area contributed by atoms with Gasteiger partial charge in [-0.2, -0.15) is 9.37 Å². The Balaban J connectivity index is 1.85. The number of rotatable bonds is 9. The molecule has 3 aromatic rings. The van der Waals surface area contributed by atoms with Crippen LogP contribution >= 0.6 is 0 Å². The Hall–Kier alpha value is -4.34. The second-order valence-electron chi connectivity index (χ2n) is 6.21. The summed E-state index contributed by atoms with van der Waals surface area (Å²) >= 11 is 0. The Morgan fingerprint density at radius 1 is 1.06 bits per heavy atom. The smallest absolute Gasteiger partial charge is 0.260 e. The van der Waals surface area contributed by atoms with E-state index in [0.717, 1.165) is 12.3 Å². The zero-order valence-corrected chi connectivity index (χ0v) is 17.6. The molecular weight excluding hydrogens is 419 g/mol. The van der Waals surface area contributed by atoms with Crippen molar-refractivity contribution in [3.8, 4) is 28.9 Å². The molecule has 0 aliphatic rings. The van der Waals surface area contributed by atoms with Gasteiger partial charge < -0.3 is 29.6 Å². The lowest BCUT2D eigenvalue weighted by atomic mass is 10.2. The molecule has 2 N–H and O–H groups in total. The van der Waals surface area contributed by atoms with E-state index in [4.69, 9.17) is 18.9 Å². The average molecular weight is 440 g/mol. The first-order valence-corrected chi connectivity index (χ1v) is 9.28. The molecule has 0 unspecified atom stereocenters. The fourth-order valence-corrected chi connectivity index (χ4v) is 2.71. The van der Waals surface area contributed by atoms with Gasteiger partial charge in [0.05, 0.1) is 27.5 Å². The molecule has 0 radical (unpaired) electrons. The molecule has 0 aliphatic carbocycles. The molecular formula is C22H21FN4O5. The lowest BCUT2D eigenvalue weighted by molar-refractivity contribution is -0.111. The number of anilines is 3. The molecule has 2 aromatic carbocycles. The molecule has 0 fully saturated rings. The van der Waals surface area contributed by atoms with Gasteiger partial charge in [-0.05, 0) is 18.2 Å². The number of ether oxygens (including phenoxy) is 4. The van der Waals surface area contributed by atoms with E-state index in [1.165, 1.54) is 27.4 Å². The molecule has 1 amide bonds. The highest BCUT2D eigenvalue weighted by atomic mass is 19.1. The summed E-state index contributed by atoms with van der Waals surface area (Å²) in [6.07, 6.45) is 2.12. The number of hydrogen-bond acceptors (Lipinski definition) is 8. The van der Waals surface area contributed by atoms with E-state index in [-0.39, 0.29) is 23.5 Å². The second-order valence-corrected chi connectivity index (χ2v) is 6.21. The summed E-state index contributed by atoms with van der Waals surface area (Å²) < 4.78 is 35.8. The van der Waals surface area contributed by atoms with Crippen LogP contribution in [0.15, 0.2) is 55.3 Å². The highest BCUT2D eigenvalue weighted by Gasteiger charge is 2.15. The van der Waals surface area contributed by atoms with Crippen LogP contribution in [-0.2, 0) is 4.79 Å². The van der Waals surface area contributed by atoms with Crippen LogP contribution < -0.4 is 29.6 Å². The quantitative estimate of drug-likeness (QED) is 0.475. The van der Waals surface area contributed by atoms with Crippen LogP contribution in [0.1, 0.15) is 0 Å². The molecule has 0 aliphatic heterocycles. The number of hydrogen-bond donors (Lipinski definition) is 2. The third kappa shape index (κ3) is 5.22. The monoisotopic (exact) mass is 440 g/mol. The number of carbonyl (C=O) groups is 1. The fraction of sp³-hybridized carbons (Fsp3) is 0.136. The highest BCUT2D eigenvalue weighted by Crippen LogP contribution is 2.40. The van der Waals surface area contributed by atoms with Gasteiger partial charge in [0.2, 0.25) is 23.4 Å². The summed E-state index contributed by atoms with van der Waals surface area (Å²) in [7, 11) is 4.48. The number of methoxy groups -OCH3 is 3. The topological polar surface area (TPSA) is 104 Å². The summed E-state index contributed by atoms with van der Waals surface area (Å²) in [5.74, 6) is 0.163. The second kappa shape index (κ2) is 10.1. The summed E-state index contributed by atoms with van der Waals surface area (Å²) in [4.78, 5) is 19.5. The van der Waals surface area contributed by atoms with Gasteiger partial charge in [0.1, 0.15) is 5.75 Å². The van der Waals surface area contributed by atoms with E-state index in [1.807, 2.05) is 0 Å². The van der Waals surface area contributed by atoms with Crippen LogP contribution in [0.4, 0.5) is 21.7 Å². The first-order valence-electron chi connectivity index (χ1n) is 9.28. The Labute approximate surface area is 183 Å². The summed E-state index contributed by atoms with van der Waals surface area (Å²) in [5.41, 5.74) is 0.976. The van der Waals surface area contributed by atoms with E-state index in [1.54, 1.807) is 30.3 Å². The Bertz CT molecular complexity index is 1110. The van der Waals surface area contributed by atoms with Crippen molar-refractivity contribution in [1.29, 1.82) is 0 Å². The van der Waals surface area contributed by atoms with Gasteiger partial charge in [0.15, 0.2) is 11.5 Å². The zero-order valence-electron chi connectivity index (χ0n) is 17.6. The first-order chi connectivity index (χ1) is 15.5. The number of carbonyl (C=O) groups excluding carboxylic acids is 1. The molecule has 9 nitrogen and oxygen atoms in total. The van der Waals surface area contributed by atoms with E-state index < -0.39 is 5.82 Å². The number of nitrogens with one attached hydrogen (secondary N) is 2. The first kappa shape index (κ1) is 22.3. The Morgan fingerprint density at radius 3 is 2.41 bits per heavy atom. The molecule has 0 atom stereocenters. The van der Waals surface area contributed by atoms with E-state index in [2.05, 4.69) is 27.2 Å². The Kier molecular flexibility index (Phi) is 7.06. The van der Waals surface area contributed by atoms with Crippen molar-refractivity contribution < 1.29 is 28.1 Å². The van der Waals surface area contributed by atoms with Crippen molar-refractivity contribution in [3.63, 3.8) is 0 Å². The maximum Gasteiger partial charge on any atom is 0.260 e. The fourth-order valence-electron chi connectivity index (χ4n) is 2.71. The van der Waals surface area contributed by atoms with Crippen LogP contribution in [0, 0.1) is 5.82 Å². The van der Waals surface area contributed by atoms with Crippen molar-refractivity contribution in [2.45, 2.75) is 0 Å². The highest BCUT2D eigenvalue weighted by molar-refractivity contribution is 5.98. The molecule has 3 rings (SSSR count). The molecule has 1 aromatic heterocycles. The number of amides is 1. The summed E-state index contributed by atoms with van der Waals surface area (Å²) in [6.45, 7) is 3.39. The van der Waals surface area contributed by atoms with Crippen molar-refractivity contribution in [1.82, 2.24) is 9.97 Å². The van der Waals surface area contributed by atoms with Gasteiger partial charge in [-0.25, -0.2) is 4.98 Å². The minimum Gasteiger partial charge on any atom is -0.493 e. The predicted molar refractivity (Wildman–Crippen MR) is 117 cm³/mol. The number of benzene rings is 2. The number of halogens is 1. The standard InChI is InChI=1S/C22H21FN4O5/c1-5-19(28)25-13-7-6-8-15(9-13)32-21-16(23)12-24-22(27-21)26-14-10-17(29-2)20(31-4)18(11-14)30-3/h5-12H,1H2,2-4H3,(H,25,28)(H,24,26,27). The molecule has 32 heavy (non-hydrogen) atoms. The largest absolute Gasteiger partial charge is 0.493 e. The lowest BCUT2D eigenvalue weighted by Crippen LogP contribution is -2.07. The van der Waals surface area contributed by atoms with Gasteiger partial charge in [-0.3, -0.25) is 4.79 Å². The number of aromatic nitrogens is 2. The maximum absolute atomic E-state index is 14.3. The van der Waals surface area contributed by atoms with Crippen LogP contribution in [0.3, 0.4) is 0 Å². The third-order valence-electron chi connectivity index (χ3n) is 4.13. The van der Waals surface area contributed by atoms with E-state index in [0.29, 0.717) is 28.6 Å². The molecule has 10 heteroatoms. The van der Waals surface area contributed by atoms with Crippen LogP contribution in [-0.4, -0.2) is 37.2 Å². The van der Waals surface area contributed by atoms with Crippen LogP contribution in [0.2, 0.25) is 0 Å². The van der Waals surface area contributed by atoms with Crippen molar-refractivity contribution >= 4 is 23.2 Å². The maximum atomic E-state index is 14.3. The molecule has 0 bridgehead atoms. The van der Waals surface area contributed by atoms with Gasteiger partial charge in [-0.15, -0.1) is 0 Å². The summed E-state index contributed by atoms with van der Waals surface area (Å²) in [6, 6.07) is 9.72. The van der Waals surface area contributed by atoms with Gasteiger partial charge in [-0.1, -0.05) is 12.6 Å². The molecule has 0 spiro atoms. The SMILES string of the molecule is C=CC(=O)Nc1cccc(Oc2nc(Nc3cc(OC)c(OC)c(OC)c3)ncc2F)c1. The van der Waals surface area contributed by atoms with Crippen molar-refractivity contribution in [2.24, 2.45) is 0 Å². The van der Waals surface area contributed by atoms with Crippen LogP contribution in [0.25, 0.3) is 0 Å². The van der Waals surface area contributed by atoms with Gasteiger partial charge in [0.25, 0.3) is 5.88 Å². The van der Waals surface area contributed by atoms with E-state index in [9.17, 15) is 9.18 Å². The van der Waals surface area contributed by atoms with Crippen molar-refractivity contribution in [3.05, 3.63) is 61.1 Å². The molecule has 0 saturated carbocycles. The minimum absolute atomic E-state index is 0.0757. The minimum atomic E-state index is -0.763. The molecule has 1 heterocycles. The normalized spacial score (nSPS) is 10.1. The Morgan fingerprint density at radius 2 is 1.78 bits per heavy atom. The van der Waals surface area contributed by atoms with Gasteiger partial charge in [0, 0.05) is 29.6 Å². The van der Waals surface area contributed by atoms with E-state index >= 15 is 0 Å². The molecule has 166 valence electrons. The zero-order chi connectivity index (χ0) is 23.1. The van der Waals surface area contributed by atoms with Crippen LogP contribution in [0.5, 0.6) is 28.9 Å². The predicted octanol–water partition coefficient (Wildman–Crippen LogP) is 4.30. The lowest BCUT2D eigenvalue weighted by Gasteiger charge is -2.15. The van der Waals surface area contributed by atoms with Crippen molar-refractivity contribution in [2.75, 3.05) is 32.0 Å². The van der Waals surface area contributed by atoms with Gasteiger partial charge >= 0.3 is 0 Å². The molecule has 0 saturated heterocycles. The average Bonchev–Trinajstić information content (AvgIpc) is 2.80. The third-order valence-corrected chi connectivity index (χ3v) is 4.13. The summed E-state index contributed by atoms with van der Waals surface area (Å²) in [5, 5.41) is 5.55.